The van der Waals surface area contributed by atoms with E-state index in [-0.39, 0.29) is 0 Å². The number of allylic oxidation sites excluding steroid dienone is 5. The van der Waals surface area contributed by atoms with Gasteiger partial charge in [0.1, 0.15) is 0 Å². The van der Waals surface area contributed by atoms with Crippen molar-refractivity contribution in [3.63, 3.8) is 0 Å². The number of rotatable bonds is 9. The molecule has 0 aliphatic carbocycles. The summed E-state index contributed by atoms with van der Waals surface area (Å²) < 4.78 is 37.4. The summed E-state index contributed by atoms with van der Waals surface area (Å²) in [6.45, 7) is 7.68. The number of benzene rings is 1. The minimum absolute atomic E-state index is 0.600. The summed E-state index contributed by atoms with van der Waals surface area (Å²) in [4.78, 5) is 1.55. The van der Waals surface area contributed by atoms with Gasteiger partial charge < -0.3 is 4.90 Å². The van der Waals surface area contributed by atoms with Crippen LogP contribution in [-0.2, 0) is 12.6 Å². The van der Waals surface area contributed by atoms with Crippen molar-refractivity contribution in [2.75, 3.05) is 19.6 Å². The van der Waals surface area contributed by atoms with Crippen molar-refractivity contribution in [2.24, 2.45) is 0 Å². The summed E-state index contributed by atoms with van der Waals surface area (Å²) in [5.41, 5.74) is 0.279. The third kappa shape index (κ3) is 8.16. The first-order chi connectivity index (χ1) is 11.5. The lowest BCUT2D eigenvalue weighted by molar-refractivity contribution is -0.890. The van der Waals surface area contributed by atoms with Crippen LogP contribution in [0.25, 0.3) is 0 Å². The quantitative estimate of drug-likeness (QED) is 0.508. The summed E-state index contributed by atoms with van der Waals surface area (Å²) in [6, 6.07) is 5.32. The molecule has 1 N–H and O–H groups in total. The number of nitrogens with one attached hydrogen (secondary N) is 1. The highest BCUT2D eigenvalue weighted by atomic mass is 19.4. The van der Waals surface area contributed by atoms with Crippen molar-refractivity contribution < 1.29 is 18.1 Å². The maximum atomic E-state index is 12.5. The maximum absolute atomic E-state index is 12.5. The standard InChI is InChI=1S/C20H26F3N/c1-3-24(4-2)17-11-9-7-5-6-8-10-12-18-13-15-19(16-14-18)20(21,22)23/h5,7-11,13-16H,3-4,6,12,17H2,1-2H3/p+1/b7-5-,10-8-,11-9-. The first-order valence-electron chi connectivity index (χ1n) is 8.43. The van der Waals surface area contributed by atoms with Crippen molar-refractivity contribution in [3.8, 4) is 0 Å². The third-order valence-electron chi connectivity index (χ3n) is 3.86. The molecule has 1 aromatic carbocycles. The van der Waals surface area contributed by atoms with Gasteiger partial charge in [-0.15, -0.1) is 0 Å². The Kier molecular flexibility index (Phi) is 9.16. The van der Waals surface area contributed by atoms with Crippen LogP contribution in [0.4, 0.5) is 13.2 Å². The molecule has 1 nitrogen and oxygen atoms in total. The van der Waals surface area contributed by atoms with Crippen LogP contribution in [0.15, 0.2) is 60.7 Å². The fourth-order valence-electron chi connectivity index (χ4n) is 2.23. The number of likely N-dealkylation sites (N-methyl/N-ethyl adjacent to an activating group) is 1. The highest BCUT2D eigenvalue weighted by Gasteiger charge is 2.29. The molecule has 0 spiro atoms. The monoisotopic (exact) mass is 338 g/mol. The van der Waals surface area contributed by atoms with Gasteiger partial charge in [-0.2, -0.15) is 13.2 Å². The van der Waals surface area contributed by atoms with Gasteiger partial charge in [0, 0.05) is 0 Å². The highest BCUT2D eigenvalue weighted by Crippen LogP contribution is 2.29. The number of hydrogen-bond acceptors (Lipinski definition) is 0. The van der Waals surface area contributed by atoms with Gasteiger partial charge in [-0.1, -0.05) is 42.5 Å². The van der Waals surface area contributed by atoms with Gasteiger partial charge in [0.05, 0.1) is 25.2 Å². The van der Waals surface area contributed by atoms with Crippen LogP contribution >= 0.6 is 0 Å². The van der Waals surface area contributed by atoms with Crippen LogP contribution in [0.3, 0.4) is 0 Å². The van der Waals surface area contributed by atoms with Crippen molar-refractivity contribution in [2.45, 2.75) is 32.9 Å². The molecule has 0 saturated heterocycles. The van der Waals surface area contributed by atoms with Gasteiger partial charge in [0.25, 0.3) is 0 Å². The van der Waals surface area contributed by atoms with E-state index >= 15 is 0 Å². The number of quaternary nitrogens is 1. The lowest BCUT2D eigenvalue weighted by atomic mass is 10.1. The third-order valence-corrected chi connectivity index (χ3v) is 3.86. The van der Waals surface area contributed by atoms with Gasteiger partial charge in [-0.25, -0.2) is 0 Å². The number of halogens is 3. The second-order valence-corrected chi connectivity index (χ2v) is 5.62. The molecule has 0 heterocycles. The molecule has 24 heavy (non-hydrogen) atoms. The molecular weight excluding hydrogens is 311 g/mol. The van der Waals surface area contributed by atoms with Gasteiger partial charge >= 0.3 is 6.18 Å². The Bertz CT molecular complexity index is 535. The molecule has 4 heteroatoms. The van der Waals surface area contributed by atoms with E-state index in [2.05, 4.69) is 32.1 Å². The summed E-state index contributed by atoms with van der Waals surface area (Å²) in [7, 11) is 0. The van der Waals surface area contributed by atoms with E-state index in [4.69, 9.17) is 0 Å². The molecule has 132 valence electrons. The van der Waals surface area contributed by atoms with E-state index in [1.165, 1.54) is 12.1 Å². The minimum atomic E-state index is -4.26. The molecular formula is C20H27F3N+. The smallest absolute Gasteiger partial charge is 0.332 e. The van der Waals surface area contributed by atoms with E-state index in [0.717, 1.165) is 43.8 Å². The normalized spacial score (nSPS) is 13.1. The van der Waals surface area contributed by atoms with Gasteiger partial charge in [-0.3, -0.25) is 0 Å². The summed E-state index contributed by atoms with van der Waals surface area (Å²) >= 11 is 0. The molecule has 0 saturated carbocycles. The van der Waals surface area contributed by atoms with Crippen molar-refractivity contribution in [1.82, 2.24) is 0 Å². The SMILES string of the molecule is CC[NH+](CC)C/C=C\C=C/C/C=C\Cc1ccc(C(F)(F)F)cc1. The zero-order valence-electron chi connectivity index (χ0n) is 14.4. The molecule has 0 atom stereocenters. The summed E-state index contributed by atoms with van der Waals surface area (Å²) in [5, 5.41) is 0. The Morgan fingerprint density at radius 3 is 2.08 bits per heavy atom. The van der Waals surface area contributed by atoms with E-state index in [0.29, 0.717) is 6.42 Å². The molecule has 0 amide bonds. The maximum Gasteiger partial charge on any atom is 0.416 e. The van der Waals surface area contributed by atoms with E-state index < -0.39 is 11.7 Å². The zero-order valence-corrected chi connectivity index (χ0v) is 14.4. The van der Waals surface area contributed by atoms with Crippen molar-refractivity contribution in [1.29, 1.82) is 0 Å². The molecule has 0 fully saturated rings. The van der Waals surface area contributed by atoms with Gasteiger partial charge in [-0.05, 0) is 50.5 Å². The Morgan fingerprint density at radius 2 is 1.50 bits per heavy atom. The second kappa shape index (κ2) is 10.9. The van der Waals surface area contributed by atoms with E-state index in [9.17, 15) is 13.2 Å². The molecule has 0 aromatic heterocycles. The highest BCUT2D eigenvalue weighted by molar-refractivity contribution is 5.26. The van der Waals surface area contributed by atoms with Gasteiger partial charge in [0.2, 0.25) is 0 Å². The van der Waals surface area contributed by atoms with Crippen molar-refractivity contribution >= 4 is 0 Å². The fraction of sp³-hybridized carbons (Fsp3) is 0.400. The molecule has 0 radical (unpaired) electrons. The molecule has 0 aliphatic rings. The number of alkyl halides is 3. The van der Waals surface area contributed by atoms with Crippen LogP contribution in [0.2, 0.25) is 0 Å². The Labute approximate surface area is 143 Å². The van der Waals surface area contributed by atoms with E-state index in [1.54, 1.807) is 4.90 Å². The lowest BCUT2D eigenvalue weighted by Crippen LogP contribution is -3.11. The Hall–Kier alpha value is -1.81. The average Bonchev–Trinajstić information content (AvgIpc) is 2.56. The Balaban J connectivity index is 2.28. The summed E-state index contributed by atoms with van der Waals surface area (Å²) in [6.07, 6.45) is 9.55. The average molecular weight is 338 g/mol. The van der Waals surface area contributed by atoms with Crippen LogP contribution in [0.1, 0.15) is 31.4 Å². The first-order valence-corrected chi connectivity index (χ1v) is 8.43. The predicted molar refractivity (Wildman–Crippen MR) is 94.1 cm³/mol. The first kappa shape index (κ1) is 20.2. The molecule has 0 bridgehead atoms. The number of hydrogen-bond donors (Lipinski definition) is 1. The van der Waals surface area contributed by atoms with E-state index in [1.807, 2.05) is 18.2 Å². The topological polar surface area (TPSA) is 4.44 Å². The lowest BCUT2D eigenvalue weighted by Gasteiger charge is -2.11. The fourth-order valence-corrected chi connectivity index (χ4v) is 2.23. The molecule has 1 rings (SSSR count). The predicted octanol–water partition coefficient (Wildman–Crippen LogP) is 4.23. The Morgan fingerprint density at radius 1 is 0.875 bits per heavy atom. The van der Waals surface area contributed by atoms with Gasteiger partial charge in [0.15, 0.2) is 0 Å². The molecule has 1 aromatic rings. The second-order valence-electron chi connectivity index (χ2n) is 5.62. The van der Waals surface area contributed by atoms with Crippen molar-refractivity contribution in [3.05, 3.63) is 71.8 Å². The minimum Gasteiger partial charge on any atom is -0.332 e. The van der Waals surface area contributed by atoms with Crippen LogP contribution in [-0.4, -0.2) is 19.6 Å². The molecule has 0 aliphatic heterocycles. The van der Waals surface area contributed by atoms with Crippen LogP contribution in [0, 0.1) is 0 Å². The van der Waals surface area contributed by atoms with Crippen LogP contribution < -0.4 is 4.90 Å². The van der Waals surface area contributed by atoms with Crippen LogP contribution in [0.5, 0.6) is 0 Å². The zero-order chi connectivity index (χ0) is 17.8. The largest absolute Gasteiger partial charge is 0.416 e. The summed E-state index contributed by atoms with van der Waals surface area (Å²) in [5.74, 6) is 0. The molecule has 0 unspecified atom stereocenters.